The van der Waals surface area contributed by atoms with Crippen LogP contribution in [0.25, 0.3) is 5.57 Å². The molecule has 0 saturated heterocycles. The van der Waals surface area contributed by atoms with Gasteiger partial charge in [0.15, 0.2) is 0 Å². The molecule has 2 aliphatic carbocycles. The first-order chi connectivity index (χ1) is 13.0. The fourth-order valence-corrected chi connectivity index (χ4v) is 4.28. The Labute approximate surface area is 161 Å². The second-order valence-corrected chi connectivity index (χ2v) is 8.11. The van der Waals surface area contributed by atoms with Gasteiger partial charge in [-0.25, -0.2) is 4.79 Å². The van der Waals surface area contributed by atoms with E-state index in [1.54, 1.807) is 0 Å². The minimum absolute atomic E-state index is 0.248. The highest BCUT2D eigenvalue weighted by molar-refractivity contribution is 5.92. The smallest absolute Gasteiger partial charge is 0.341 e. The third-order valence-corrected chi connectivity index (χ3v) is 5.85. The largest absolute Gasteiger partial charge is 0.422 e. The number of carbonyl (C=O) groups is 1. The van der Waals surface area contributed by atoms with Crippen molar-refractivity contribution in [3.63, 3.8) is 0 Å². The fourth-order valence-electron chi connectivity index (χ4n) is 4.28. The minimum atomic E-state index is -0.248. The molecular weight excluding hydrogens is 336 g/mol. The van der Waals surface area contributed by atoms with Crippen molar-refractivity contribution in [2.75, 3.05) is 27.7 Å². The highest BCUT2D eigenvalue weighted by Gasteiger charge is 2.37. The Balaban J connectivity index is 1.64. The second-order valence-electron chi connectivity index (χ2n) is 8.11. The summed E-state index contributed by atoms with van der Waals surface area (Å²) in [5.41, 5.74) is 4.54. The molecule has 0 amide bonds. The van der Waals surface area contributed by atoms with Crippen LogP contribution in [0.15, 0.2) is 48.3 Å². The van der Waals surface area contributed by atoms with Gasteiger partial charge in [0.1, 0.15) is 5.75 Å². The van der Waals surface area contributed by atoms with Crippen molar-refractivity contribution >= 4 is 11.5 Å². The molecular formula is C23H28N2O2. The van der Waals surface area contributed by atoms with E-state index in [4.69, 9.17) is 4.74 Å². The van der Waals surface area contributed by atoms with E-state index >= 15 is 0 Å². The standard InChI is InChI=1S/C23H28N2O2/c1-24(2)13-11-17-14-16-9-10-19(16)20-7-4-8-21(22(17)20)27-23(26)18-6-5-12-25(3)15-18/h4-5,7-8,12,14-16,19H,6,9-11,13H2,1-3H3/t16-,19?/m1/s1. The van der Waals surface area contributed by atoms with Gasteiger partial charge in [-0.1, -0.05) is 24.3 Å². The Morgan fingerprint density at radius 2 is 2.15 bits per heavy atom. The molecule has 1 fully saturated rings. The molecule has 1 heterocycles. The van der Waals surface area contributed by atoms with Crippen molar-refractivity contribution in [3.8, 4) is 5.75 Å². The van der Waals surface area contributed by atoms with Crippen LogP contribution in [0.3, 0.4) is 0 Å². The zero-order chi connectivity index (χ0) is 19.0. The maximum atomic E-state index is 12.8. The lowest BCUT2D eigenvalue weighted by Crippen LogP contribution is -2.28. The Hall–Kier alpha value is -2.33. The predicted molar refractivity (Wildman–Crippen MR) is 108 cm³/mol. The molecule has 1 aromatic rings. The number of esters is 1. The molecule has 1 aliphatic heterocycles. The molecule has 1 aromatic carbocycles. The van der Waals surface area contributed by atoms with Crippen LogP contribution in [-0.2, 0) is 4.79 Å². The summed E-state index contributed by atoms with van der Waals surface area (Å²) in [4.78, 5) is 16.8. The third-order valence-electron chi connectivity index (χ3n) is 5.85. The normalized spacial score (nSPS) is 23.2. The van der Waals surface area contributed by atoms with E-state index < -0.39 is 0 Å². The van der Waals surface area contributed by atoms with E-state index in [1.165, 1.54) is 24.0 Å². The van der Waals surface area contributed by atoms with Crippen LogP contribution >= 0.6 is 0 Å². The van der Waals surface area contributed by atoms with Crippen molar-refractivity contribution in [3.05, 3.63) is 59.5 Å². The molecule has 4 nitrogen and oxygen atoms in total. The van der Waals surface area contributed by atoms with Gasteiger partial charge in [-0.15, -0.1) is 0 Å². The summed E-state index contributed by atoms with van der Waals surface area (Å²) in [6, 6.07) is 6.21. The average Bonchev–Trinajstić information content (AvgIpc) is 2.61. The second kappa shape index (κ2) is 7.35. The summed E-state index contributed by atoms with van der Waals surface area (Å²) in [6.07, 6.45) is 12.3. The van der Waals surface area contributed by atoms with Crippen molar-refractivity contribution in [2.24, 2.45) is 5.92 Å². The number of allylic oxidation sites excluding steroid dienone is 2. The van der Waals surface area contributed by atoms with Crippen molar-refractivity contribution < 1.29 is 9.53 Å². The summed E-state index contributed by atoms with van der Waals surface area (Å²) in [6.45, 7) is 0.992. The van der Waals surface area contributed by atoms with E-state index in [-0.39, 0.29) is 5.97 Å². The maximum Gasteiger partial charge on any atom is 0.341 e. The van der Waals surface area contributed by atoms with Gasteiger partial charge in [0.25, 0.3) is 0 Å². The predicted octanol–water partition coefficient (Wildman–Crippen LogP) is 4.17. The number of ether oxygens (including phenoxy) is 1. The Morgan fingerprint density at radius 3 is 2.85 bits per heavy atom. The van der Waals surface area contributed by atoms with Crippen molar-refractivity contribution in [2.45, 2.75) is 31.6 Å². The molecule has 0 N–H and O–H groups in total. The molecule has 3 aliphatic rings. The van der Waals surface area contributed by atoms with Crippen LogP contribution in [0, 0.1) is 5.92 Å². The molecule has 0 radical (unpaired) electrons. The first-order valence-electron chi connectivity index (χ1n) is 9.83. The highest BCUT2D eigenvalue weighted by atomic mass is 16.5. The van der Waals surface area contributed by atoms with E-state index in [0.29, 0.717) is 29.6 Å². The lowest BCUT2D eigenvalue weighted by Gasteiger charge is -2.41. The number of carbonyl (C=O) groups excluding carboxylic acids is 1. The Morgan fingerprint density at radius 1 is 1.30 bits per heavy atom. The quantitative estimate of drug-likeness (QED) is 0.580. The van der Waals surface area contributed by atoms with Crippen LogP contribution in [-0.4, -0.2) is 43.5 Å². The third kappa shape index (κ3) is 3.59. The Bertz CT molecular complexity index is 835. The summed E-state index contributed by atoms with van der Waals surface area (Å²) in [5, 5.41) is 0. The zero-order valence-electron chi connectivity index (χ0n) is 16.4. The first-order valence-corrected chi connectivity index (χ1v) is 9.83. The fraction of sp³-hybridized carbons (Fsp3) is 0.435. The number of benzene rings is 1. The van der Waals surface area contributed by atoms with Crippen molar-refractivity contribution in [1.82, 2.24) is 9.80 Å². The molecule has 4 rings (SSSR count). The molecule has 27 heavy (non-hydrogen) atoms. The molecule has 1 unspecified atom stereocenters. The molecule has 0 aromatic heterocycles. The lowest BCUT2D eigenvalue weighted by molar-refractivity contribution is -0.130. The summed E-state index contributed by atoms with van der Waals surface area (Å²) in [5.74, 6) is 1.71. The molecule has 1 saturated carbocycles. The highest BCUT2D eigenvalue weighted by Crippen LogP contribution is 2.52. The summed E-state index contributed by atoms with van der Waals surface area (Å²) in [7, 11) is 6.12. The summed E-state index contributed by atoms with van der Waals surface area (Å²) >= 11 is 0. The van der Waals surface area contributed by atoms with E-state index in [9.17, 15) is 4.79 Å². The SMILES string of the molecule is CN1C=CCC(C(=O)Oc2cccc3c2C(CCN(C)C)=C[C@H]2CCC32)=C1. The van der Waals surface area contributed by atoms with Gasteiger partial charge < -0.3 is 14.5 Å². The van der Waals surface area contributed by atoms with Crippen LogP contribution < -0.4 is 4.74 Å². The number of hydrogen-bond donors (Lipinski definition) is 0. The number of nitrogens with zero attached hydrogens (tertiary/aromatic N) is 2. The Kier molecular flexibility index (Phi) is 4.92. The van der Waals surface area contributed by atoms with E-state index in [1.807, 2.05) is 42.6 Å². The zero-order valence-corrected chi connectivity index (χ0v) is 16.4. The first kappa shape index (κ1) is 18.1. The molecule has 2 atom stereocenters. The van der Waals surface area contributed by atoms with Gasteiger partial charge in [-0.3, -0.25) is 0 Å². The molecule has 142 valence electrons. The van der Waals surface area contributed by atoms with Gasteiger partial charge >= 0.3 is 5.97 Å². The van der Waals surface area contributed by atoms with Gasteiger partial charge in [0.05, 0.1) is 5.57 Å². The van der Waals surface area contributed by atoms with E-state index in [2.05, 4.69) is 31.1 Å². The van der Waals surface area contributed by atoms with Crippen LogP contribution in [0.2, 0.25) is 0 Å². The lowest BCUT2D eigenvalue weighted by atomic mass is 9.64. The summed E-state index contributed by atoms with van der Waals surface area (Å²) < 4.78 is 5.92. The number of fused-ring (bicyclic) bond motifs is 3. The topological polar surface area (TPSA) is 32.8 Å². The van der Waals surface area contributed by atoms with Crippen molar-refractivity contribution in [1.29, 1.82) is 0 Å². The van der Waals surface area contributed by atoms with Crippen LogP contribution in [0.4, 0.5) is 0 Å². The van der Waals surface area contributed by atoms with Gasteiger partial charge in [0, 0.05) is 31.8 Å². The molecule has 4 heteroatoms. The monoisotopic (exact) mass is 364 g/mol. The molecule has 0 bridgehead atoms. The van der Waals surface area contributed by atoms with Gasteiger partial charge in [-0.2, -0.15) is 0 Å². The number of hydrogen-bond acceptors (Lipinski definition) is 4. The minimum Gasteiger partial charge on any atom is -0.422 e. The van der Waals surface area contributed by atoms with Crippen LogP contribution in [0.5, 0.6) is 5.75 Å². The van der Waals surface area contributed by atoms with Gasteiger partial charge in [-0.05, 0) is 68.6 Å². The number of rotatable bonds is 5. The van der Waals surface area contributed by atoms with Crippen LogP contribution in [0.1, 0.15) is 42.7 Å². The maximum absolute atomic E-state index is 12.8. The van der Waals surface area contributed by atoms with E-state index in [0.717, 1.165) is 18.5 Å². The molecule has 0 spiro atoms. The van der Waals surface area contributed by atoms with Gasteiger partial charge in [0.2, 0.25) is 0 Å². The average molecular weight is 364 g/mol.